The normalized spacial score (nSPS) is 10.2. The van der Waals surface area contributed by atoms with Crippen molar-refractivity contribution in [3.63, 3.8) is 0 Å². The van der Waals surface area contributed by atoms with E-state index in [-0.39, 0.29) is 17.3 Å². The fourth-order valence-corrected chi connectivity index (χ4v) is 1.36. The van der Waals surface area contributed by atoms with Gasteiger partial charge in [0.2, 0.25) is 11.6 Å². The van der Waals surface area contributed by atoms with Gasteiger partial charge in [-0.1, -0.05) is 11.6 Å². The summed E-state index contributed by atoms with van der Waals surface area (Å²) in [5, 5.41) is 15.1. The van der Waals surface area contributed by atoms with Crippen molar-refractivity contribution in [1.29, 1.82) is 0 Å². The lowest BCUT2D eigenvalue weighted by atomic mass is 10.4. The maximum Gasteiger partial charge on any atom is 0.356 e. The minimum absolute atomic E-state index is 0.0233. The Bertz CT molecular complexity index is 569. The Labute approximate surface area is 99.4 Å². The number of nitrogen functional groups attached to an aromatic ring is 1. The lowest BCUT2D eigenvalue weighted by Crippen LogP contribution is -2.14. The third-order valence-corrected chi connectivity index (χ3v) is 2.09. The molecule has 0 saturated carbocycles. The molecular weight excluding hydrogens is 250 g/mol. The number of hydrogen-bond acceptors (Lipinski definition) is 7. The van der Waals surface area contributed by atoms with E-state index in [1.54, 1.807) is 0 Å². The molecule has 0 unspecified atom stereocenters. The highest BCUT2D eigenvalue weighted by molar-refractivity contribution is 6.30. The molecule has 0 aliphatic rings. The number of nitrogens with two attached hydrogens (primary N) is 1. The summed E-state index contributed by atoms with van der Waals surface area (Å²) in [5.74, 6) is 5.01. The topological polar surface area (TPSA) is 125 Å². The van der Waals surface area contributed by atoms with Crippen molar-refractivity contribution in [3.05, 3.63) is 33.9 Å². The molecule has 0 atom stereocenters. The monoisotopic (exact) mass is 255 g/mol. The number of hydrogen-bond donors (Lipinski definition) is 2. The molecule has 0 aromatic carbocycles. The number of nitrogens with one attached hydrogen (secondary N) is 1. The highest BCUT2D eigenvalue weighted by atomic mass is 35.5. The van der Waals surface area contributed by atoms with E-state index >= 15 is 0 Å². The molecule has 2 aromatic rings. The Morgan fingerprint density at radius 2 is 2.29 bits per heavy atom. The van der Waals surface area contributed by atoms with Gasteiger partial charge in [-0.2, -0.15) is 5.10 Å². The Morgan fingerprint density at radius 1 is 1.53 bits per heavy atom. The van der Waals surface area contributed by atoms with Crippen molar-refractivity contribution >= 4 is 23.1 Å². The van der Waals surface area contributed by atoms with Gasteiger partial charge in [-0.15, -0.1) is 0 Å². The smallest absolute Gasteiger partial charge is 0.303 e. The second-order valence-electron chi connectivity index (χ2n) is 2.90. The van der Waals surface area contributed by atoms with Crippen LogP contribution >= 0.6 is 11.6 Å². The van der Waals surface area contributed by atoms with E-state index < -0.39 is 4.92 Å². The molecule has 0 aliphatic carbocycles. The second kappa shape index (κ2) is 4.31. The van der Waals surface area contributed by atoms with E-state index in [0.717, 1.165) is 6.33 Å². The number of hydrazine groups is 1. The van der Waals surface area contributed by atoms with Crippen molar-refractivity contribution in [2.75, 3.05) is 5.43 Å². The van der Waals surface area contributed by atoms with E-state index in [9.17, 15) is 10.1 Å². The molecule has 10 heteroatoms. The summed E-state index contributed by atoms with van der Waals surface area (Å²) < 4.78 is 1.17. The molecule has 9 nitrogen and oxygen atoms in total. The molecule has 0 fully saturated rings. The summed E-state index contributed by atoms with van der Waals surface area (Å²) in [6, 6.07) is 0. The van der Waals surface area contributed by atoms with Crippen LogP contribution in [0.1, 0.15) is 0 Å². The molecule has 0 radical (unpaired) electrons. The molecule has 17 heavy (non-hydrogen) atoms. The second-order valence-corrected chi connectivity index (χ2v) is 3.34. The number of nitro groups is 1. The van der Waals surface area contributed by atoms with E-state index in [1.807, 2.05) is 0 Å². The van der Waals surface area contributed by atoms with Crippen LogP contribution in [0.4, 0.5) is 11.5 Å². The van der Waals surface area contributed by atoms with Crippen LogP contribution in [0.5, 0.6) is 0 Å². The first-order chi connectivity index (χ1) is 8.13. The average molecular weight is 256 g/mol. The van der Waals surface area contributed by atoms with Gasteiger partial charge in [0, 0.05) is 0 Å². The molecule has 0 aliphatic heterocycles. The van der Waals surface area contributed by atoms with Gasteiger partial charge >= 0.3 is 5.69 Å². The Kier molecular flexibility index (Phi) is 2.85. The maximum absolute atomic E-state index is 10.9. The SMILES string of the molecule is NNc1ncnc(-n2cc(Cl)cn2)c1[N+](=O)[O-]. The summed E-state index contributed by atoms with van der Waals surface area (Å²) in [4.78, 5) is 17.7. The van der Waals surface area contributed by atoms with Crippen molar-refractivity contribution in [2.24, 2.45) is 5.84 Å². The lowest BCUT2D eigenvalue weighted by Gasteiger charge is -2.04. The zero-order valence-electron chi connectivity index (χ0n) is 8.24. The van der Waals surface area contributed by atoms with Gasteiger partial charge < -0.3 is 5.43 Å². The van der Waals surface area contributed by atoms with E-state index in [2.05, 4.69) is 20.5 Å². The average Bonchev–Trinajstić information content (AvgIpc) is 2.74. The summed E-state index contributed by atoms with van der Waals surface area (Å²) in [6.45, 7) is 0. The molecule has 2 aromatic heterocycles. The van der Waals surface area contributed by atoms with Gasteiger partial charge in [0.25, 0.3) is 0 Å². The highest BCUT2D eigenvalue weighted by Crippen LogP contribution is 2.26. The molecule has 0 bridgehead atoms. The summed E-state index contributed by atoms with van der Waals surface area (Å²) >= 11 is 5.68. The summed E-state index contributed by atoms with van der Waals surface area (Å²) in [6.07, 6.45) is 3.85. The van der Waals surface area contributed by atoms with Crippen molar-refractivity contribution in [1.82, 2.24) is 19.7 Å². The van der Waals surface area contributed by atoms with Gasteiger partial charge in [0.1, 0.15) is 6.33 Å². The molecular formula is C7H6ClN7O2. The Balaban J connectivity index is 2.65. The Hall–Kier alpha value is -2.26. The minimum atomic E-state index is -0.653. The summed E-state index contributed by atoms with van der Waals surface area (Å²) in [5.41, 5.74) is 1.75. The predicted octanol–water partition coefficient (Wildman–Crippen LogP) is 0.509. The molecule has 0 amide bonds. The van der Waals surface area contributed by atoms with Crippen LogP contribution in [-0.2, 0) is 0 Å². The van der Waals surface area contributed by atoms with Gasteiger partial charge in [0.15, 0.2) is 0 Å². The number of aromatic nitrogens is 4. The van der Waals surface area contributed by atoms with Gasteiger partial charge in [-0.05, 0) is 0 Å². The largest absolute Gasteiger partial charge is 0.356 e. The van der Waals surface area contributed by atoms with E-state index in [4.69, 9.17) is 17.4 Å². The number of halogens is 1. The van der Waals surface area contributed by atoms with Crippen LogP contribution in [-0.4, -0.2) is 24.7 Å². The first-order valence-corrected chi connectivity index (χ1v) is 4.68. The van der Waals surface area contributed by atoms with Gasteiger partial charge in [-0.3, -0.25) is 10.1 Å². The molecule has 0 spiro atoms. The van der Waals surface area contributed by atoms with Crippen LogP contribution in [0.25, 0.3) is 5.82 Å². The van der Waals surface area contributed by atoms with Crippen molar-refractivity contribution in [2.45, 2.75) is 0 Å². The van der Waals surface area contributed by atoms with E-state index in [0.29, 0.717) is 5.02 Å². The molecule has 2 rings (SSSR count). The quantitative estimate of drug-likeness (QED) is 0.465. The van der Waals surface area contributed by atoms with Crippen molar-refractivity contribution in [3.8, 4) is 5.82 Å². The molecule has 0 saturated heterocycles. The molecule has 2 heterocycles. The third kappa shape index (κ3) is 2.00. The predicted molar refractivity (Wildman–Crippen MR) is 58.6 cm³/mol. The van der Waals surface area contributed by atoms with Crippen LogP contribution in [0, 0.1) is 10.1 Å². The van der Waals surface area contributed by atoms with Crippen molar-refractivity contribution < 1.29 is 4.92 Å². The number of nitrogens with zero attached hydrogens (tertiary/aromatic N) is 5. The highest BCUT2D eigenvalue weighted by Gasteiger charge is 2.24. The first kappa shape index (κ1) is 11.2. The summed E-state index contributed by atoms with van der Waals surface area (Å²) in [7, 11) is 0. The minimum Gasteiger partial charge on any atom is -0.303 e. The first-order valence-electron chi connectivity index (χ1n) is 4.30. The van der Waals surface area contributed by atoms with Gasteiger partial charge in [0.05, 0.1) is 22.3 Å². The molecule has 3 N–H and O–H groups in total. The fourth-order valence-electron chi connectivity index (χ4n) is 1.23. The van der Waals surface area contributed by atoms with E-state index in [1.165, 1.54) is 17.1 Å². The van der Waals surface area contributed by atoms with Crippen LogP contribution < -0.4 is 11.3 Å². The lowest BCUT2D eigenvalue weighted by molar-refractivity contribution is -0.384. The van der Waals surface area contributed by atoms with Crippen LogP contribution in [0.3, 0.4) is 0 Å². The van der Waals surface area contributed by atoms with Crippen LogP contribution in [0.15, 0.2) is 18.7 Å². The number of anilines is 1. The Morgan fingerprint density at radius 3 is 2.82 bits per heavy atom. The third-order valence-electron chi connectivity index (χ3n) is 1.89. The standard InChI is InChI=1S/C7H6ClN7O2/c8-4-1-12-14(2-4)7-5(15(16)17)6(13-9)10-3-11-7/h1-3H,9H2,(H,10,11,13). The van der Waals surface area contributed by atoms with Crippen LogP contribution in [0.2, 0.25) is 5.02 Å². The maximum atomic E-state index is 10.9. The zero-order valence-corrected chi connectivity index (χ0v) is 9.00. The fraction of sp³-hybridized carbons (Fsp3) is 0. The molecule has 88 valence electrons. The number of rotatable bonds is 3. The zero-order chi connectivity index (χ0) is 12.4. The van der Waals surface area contributed by atoms with Gasteiger partial charge in [-0.25, -0.2) is 20.5 Å².